The molecule has 4 nitrogen and oxygen atoms in total. The highest BCUT2D eigenvalue weighted by molar-refractivity contribution is 5.33. The van der Waals surface area contributed by atoms with Crippen LogP contribution >= 0.6 is 0 Å². The Morgan fingerprint density at radius 3 is 2.50 bits per heavy atom. The zero-order valence-corrected chi connectivity index (χ0v) is 12.3. The maximum absolute atomic E-state index is 5.60. The van der Waals surface area contributed by atoms with Crippen LogP contribution in [0.25, 0.3) is 5.69 Å². The van der Waals surface area contributed by atoms with Crippen LogP contribution < -0.4 is 5.73 Å². The summed E-state index contributed by atoms with van der Waals surface area (Å²) in [4.78, 5) is 0. The molecule has 2 aromatic rings. The lowest BCUT2D eigenvalue weighted by atomic mass is 10.1. The van der Waals surface area contributed by atoms with Gasteiger partial charge in [-0.2, -0.15) is 0 Å². The highest BCUT2D eigenvalue weighted by Gasteiger charge is 2.03. The maximum atomic E-state index is 5.60. The van der Waals surface area contributed by atoms with Crippen molar-refractivity contribution in [1.29, 1.82) is 0 Å². The third-order valence-corrected chi connectivity index (χ3v) is 3.51. The van der Waals surface area contributed by atoms with Crippen LogP contribution in [0.2, 0.25) is 0 Å². The van der Waals surface area contributed by atoms with Crippen LogP contribution in [0.5, 0.6) is 0 Å². The number of hydrogen-bond acceptors (Lipinski definition) is 3. The molecule has 0 aliphatic carbocycles. The molecule has 1 aromatic heterocycles. The number of aryl methyl sites for hydroxylation is 1. The van der Waals surface area contributed by atoms with E-state index in [1.165, 1.54) is 32.1 Å². The number of aromatic nitrogens is 3. The number of benzene rings is 1. The third kappa shape index (κ3) is 4.17. The summed E-state index contributed by atoms with van der Waals surface area (Å²) in [6, 6.07) is 8.12. The predicted molar refractivity (Wildman–Crippen MR) is 81.7 cm³/mol. The van der Waals surface area contributed by atoms with Gasteiger partial charge in [0.2, 0.25) is 0 Å². The smallest absolute Gasteiger partial charge is 0.0831 e. The fourth-order valence-electron chi connectivity index (χ4n) is 2.23. The first-order valence-corrected chi connectivity index (χ1v) is 7.54. The van der Waals surface area contributed by atoms with Gasteiger partial charge < -0.3 is 5.73 Å². The maximum Gasteiger partial charge on any atom is 0.0831 e. The molecule has 0 bridgehead atoms. The van der Waals surface area contributed by atoms with Gasteiger partial charge in [0.15, 0.2) is 0 Å². The molecule has 0 fully saturated rings. The van der Waals surface area contributed by atoms with E-state index < -0.39 is 0 Å². The summed E-state index contributed by atoms with van der Waals surface area (Å²) in [6.07, 6.45) is 9.47. The Morgan fingerprint density at radius 1 is 1.05 bits per heavy atom. The van der Waals surface area contributed by atoms with Crippen LogP contribution in [0.3, 0.4) is 0 Å². The fraction of sp³-hybridized carbons (Fsp3) is 0.500. The lowest BCUT2D eigenvalue weighted by Crippen LogP contribution is -1.98. The monoisotopic (exact) mass is 272 g/mol. The van der Waals surface area contributed by atoms with E-state index in [0.29, 0.717) is 6.54 Å². The van der Waals surface area contributed by atoms with Gasteiger partial charge in [-0.1, -0.05) is 50.0 Å². The summed E-state index contributed by atoms with van der Waals surface area (Å²) in [5, 5.41) is 8.43. The van der Waals surface area contributed by atoms with E-state index in [0.717, 1.165) is 23.4 Å². The van der Waals surface area contributed by atoms with Crippen molar-refractivity contribution in [2.75, 3.05) is 0 Å². The Bertz CT molecular complexity index is 501. The minimum Gasteiger partial charge on any atom is -0.326 e. The molecule has 0 atom stereocenters. The Kier molecular flexibility index (Phi) is 5.74. The molecule has 1 heterocycles. The van der Waals surface area contributed by atoms with Crippen LogP contribution in [-0.2, 0) is 13.0 Å². The summed E-state index contributed by atoms with van der Waals surface area (Å²) in [6.45, 7) is 2.81. The van der Waals surface area contributed by atoms with Crippen molar-refractivity contribution in [1.82, 2.24) is 15.0 Å². The van der Waals surface area contributed by atoms with E-state index in [1.807, 2.05) is 35.1 Å². The van der Waals surface area contributed by atoms with E-state index >= 15 is 0 Å². The molecule has 0 unspecified atom stereocenters. The van der Waals surface area contributed by atoms with E-state index in [1.54, 1.807) is 0 Å². The molecule has 0 aliphatic heterocycles. The number of hydrogen-bond donors (Lipinski definition) is 1. The Balaban J connectivity index is 1.87. The Labute approximate surface area is 121 Å². The van der Waals surface area contributed by atoms with Crippen molar-refractivity contribution in [2.24, 2.45) is 5.73 Å². The molecule has 108 valence electrons. The molecule has 0 spiro atoms. The summed E-state index contributed by atoms with van der Waals surface area (Å²) >= 11 is 0. The minimum absolute atomic E-state index is 0.570. The third-order valence-electron chi connectivity index (χ3n) is 3.51. The Morgan fingerprint density at radius 2 is 1.80 bits per heavy atom. The van der Waals surface area contributed by atoms with E-state index in [9.17, 15) is 0 Å². The quantitative estimate of drug-likeness (QED) is 0.750. The number of unbranched alkanes of at least 4 members (excludes halogenated alkanes) is 4. The molecule has 0 saturated heterocycles. The zero-order valence-electron chi connectivity index (χ0n) is 12.3. The molecule has 0 radical (unpaired) electrons. The first-order chi connectivity index (χ1) is 9.83. The number of nitrogens with two attached hydrogens (primary N) is 1. The predicted octanol–water partition coefficient (Wildman–Crippen LogP) is 3.24. The van der Waals surface area contributed by atoms with Gasteiger partial charge in [0.1, 0.15) is 0 Å². The molecule has 0 aliphatic rings. The summed E-state index contributed by atoms with van der Waals surface area (Å²) < 4.78 is 1.83. The van der Waals surface area contributed by atoms with Crippen molar-refractivity contribution < 1.29 is 0 Å². The summed E-state index contributed by atoms with van der Waals surface area (Å²) in [5.41, 5.74) is 8.83. The SMILES string of the molecule is CCCCCCCc1cn(-c2ccc(CN)cc2)nn1. The molecule has 20 heavy (non-hydrogen) atoms. The van der Waals surface area contributed by atoms with Gasteiger partial charge in [-0.15, -0.1) is 5.10 Å². The zero-order chi connectivity index (χ0) is 14.2. The highest BCUT2D eigenvalue weighted by Crippen LogP contribution is 2.11. The standard InChI is InChI=1S/C16H24N4/c1-2-3-4-5-6-7-15-13-20(19-18-15)16-10-8-14(12-17)9-11-16/h8-11,13H,2-7,12,17H2,1H3. The second-order valence-electron chi connectivity index (χ2n) is 5.19. The average molecular weight is 272 g/mol. The minimum atomic E-state index is 0.570. The van der Waals surface area contributed by atoms with Gasteiger partial charge in [-0.3, -0.25) is 0 Å². The molecule has 0 amide bonds. The van der Waals surface area contributed by atoms with Gasteiger partial charge in [0, 0.05) is 6.54 Å². The molecule has 4 heteroatoms. The van der Waals surface area contributed by atoms with Crippen molar-refractivity contribution >= 4 is 0 Å². The van der Waals surface area contributed by atoms with Crippen LogP contribution in [0.15, 0.2) is 30.5 Å². The van der Waals surface area contributed by atoms with Gasteiger partial charge in [0.05, 0.1) is 17.6 Å². The highest BCUT2D eigenvalue weighted by atomic mass is 15.4. The van der Waals surface area contributed by atoms with Gasteiger partial charge >= 0.3 is 0 Å². The summed E-state index contributed by atoms with van der Waals surface area (Å²) in [7, 11) is 0. The topological polar surface area (TPSA) is 56.7 Å². The molecule has 2 rings (SSSR count). The molecular weight excluding hydrogens is 248 g/mol. The van der Waals surface area contributed by atoms with Gasteiger partial charge in [-0.05, 0) is 30.5 Å². The Hall–Kier alpha value is -1.68. The van der Waals surface area contributed by atoms with Crippen LogP contribution in [-0.4, -0.2) is 15.0 Å². The first-order valence-electron chi connectivity index (χ1n) is 7.54. The molecule has 1 aromatic carbocycles. The number of rotatable bonds is 8. The van der Waals surface area contributed by atoms with Crippen molar-refractivity contribution in [3.63, 3.8) is 0 Å². The van der Waals surface area contributed by atoms with E-state index in [4.69, 9.17) is 5.73 Å². The van der Waals surface area contributed by atoms with Crippen molar-refractivity contribution in [3.05, 3.63) is 41.7 Å². The average Bonchev–Trinajstić information content (AvgIpc) is 2.96. The normalized spacial score (nSPS) is 10.9. The first kappa shape index (κ1) is 14.7. The van der Waals surface area contributed by atoms with Crippen molar-refractivity contribution in [3.8, 4) is 5.69 Å². The van der Waals surface area contributed by atoms with Gasteiger partial charge in [0.25, 0.3) is 0 Å². The van der Waals surface area contributed by atoms with E-state index in [2.05, 4.69) is 17.2 Å². The van der Waals surface area contributed by atoms with Crippen molar-refractivity contribution in [2.45, 2.75) is 52.0 Å². The molecular formula is C16H24N4. The molecule has 2 N–H and O–H groups in total. The molecule has 0 saturated carbocycles. The van der Waals surface area contributed by atoms with E-state index in [-0.39, 0.29) is 0 Å². The lowest BCUT2D eigenvalue weighted by Gasteiger charge is -2.01. The van der Waals surface area contributed by atoms with Gasteiger partial charge in [-0.25, -0.2) is 4.68 Å². The number of nitrogens with zero attached hydrogens (tertiary/aromatic N) is 3. The second-order valence-corrected chi connectivity index (χ2v) is 5.19. The lowest BCUT2D eigenvalue weighted by molar-refractivity contribution is 0.627. The van der Waals surface area contributed by atoms with Crippen LogP contribution in [0, 0.1) is 0 Å². The summed E-state index contributed by atoms with van der Waals surface area (Å²) in [5.74, 6) is 0. The van der Waals surface area contributed by atoms with Crippen LogP contribution in [0.4, 0.5) is 0 Å². The fourth-order valence-corrected chi connectivity index (χ4v) is 2.23. The largest absolute Gasteiger partial charge is 0.326 e. The van der Waals surface area contributed by atoms with Crippen LogP contribution in [0.1, 0.15) is 50.3 Å². The second kappa shape index (κ2) is 7.80.